The van der Waals surface area contributed by atoms with Crippen LogP contribution in [0.1, 0.15) is 20.8 Å². The molecular formula is C12H17BrO2. The minimum Gasteiger partial charge on any atom is -0.494 e. The lowest BCUT2D eigenvalue weighted by molar-refractivity contribution is 0.137. The minimum absolute atomic E-state index is 0.204. The SMILES string of the molecule is CCOc1cccc(OC(C)(C)CBr)c1. The molecule has 15 heavy (non-hydrogen) atoms. The van der Waals surface area contributed by atoms with Crippen molar-refractivity contribution in [2.75, 3.05) is 11.9 Å². The summed E-state index contributed by atoms with van der Waals surface area (Å²) in [6, 6.07) is 7.71. The van der Waals surface area contributed by atoms with Crippen LogP contribution >= 0.6 is 15.9 Å². The Morgan fingerprint density at radius 1 is 1.27 bits per heavy atom. The first kappa shape index (κ1) is 12.4. The van der Waals surface area contributed by atoms with Gasteiger partial charge in [0.2, 0.25) is 0 Å². The van der Waals surface area contributed by atoms with Crippen molar-refractivity contribution in [1.29, 1.82) is 0 Å². The quantitative estimate of drug-likeness (QED) is 0.762. The average molecular weight is 273 g/mol. The molecule has 0 N–H and O–H groups in total. The van der Waals surface area contributed by atoms with Crippen LogP contribution in [-0.2, 0) is 0 Å². The van der Waals surface area contributed by atoms with E-state index >= 15 is 0 Å². The molecule has 1 rings (SSSR count). The second-order valence-corrected chi connectivity index (χ2v) is 4.46. The number of hydrogen-bond donors (Lipinski definition) is 0. The molecular weight excluding hydrogens is 256 g/mol. The Morgan fingerprint density at radius 2 is 1.93 bits per heavy atom. The van der Waals surface area contributed by atoms with E-state index in [9.17, 15) is 0 Å². The van der Waals surface area contributed by atoms with Gasteiger partial charge in [0, 0.05) is 11.4 Å². The smallest absolute Gasteiger partial charge is 0.123 e. The molecule has 84 valence electrons. The van der Waals surface area contributed by atoms with Crippen LogP contribution in [0.4, 0.5) is 0 Å². The Balaban J connectivity index is 2.73. The Morgan fingerprint density at radius 3 is 2.53 bits per heavy atom. The molecule has 0 saturated heterocycles. The number of benzene rings is 1. The summed E-state index contributed by atoms with van der Waals surface area (Å²) in [5.41, 5.74) is -0.204. The van der Waals surface area contributed by atoms with Gasteiger partial charge in [0.1, 0.15) is 17.1 Å². The normalized spacial score (nSPS) is 11.2. The zero-order valence-electron chi connectivity index (χ0n) is 9.42. The highest BCUT2D eigenvalue weighted by atomic mass is 79.9. The highest BCUT2D eigenvalue weighted by Gasteiger charge is 2.17. The first-order chi connectivity index (χ1) is 7.07. The number of rotatable bonds is 5. The van der Waals surface area contributed by atoms with E-state index in [2.05, 4.69) is 15.9 Å². The Hall–Kier alpha value is -0.700. The number of hydrogen-bond acceptors (Lipinski definition) is 2. The molecule has 0 bridgehead atoms. The maximum Gasteiger partial charge on any atom is 0.123 e. The molecule has 0 atom stereocenters. The lowest BCUT2D eigenvalue weighted by Crippen LogP contribution is -2.29. The highest BCUT2D eigenvalue weighted by Crippen LogP contribution is 2.24. The van der Waals surface area contributed by atoms with E-state index in [1.807, 2.05) is 45.0 Å². The molecule has 0 amide bonds. The number of ether oxygens (including phenoxy) is 2. The molecule has 0 unspecified atom stereocenters. The first-order valence-corrected chi connectivity index (χ1v) is 6.17. The summed E-state index contributed by atoms with van der Waals surface area (Å²) in [6.07, 6.45) is 0. The van der Waals surface area contributed by atoms with Gasteiger partial charge < -0.3 is 9.47 Å². The average Bonchev–Trinajstić information content (AvgIpc) is 2.18. The van der Waals surface area contributed by atoms with Crippen LogP contribution in [0.2, 0.25) is 0 Å². The van der Waals surface area contributed by atoms with Crippen molar-refractivity contribution < 1.29 is 9.47 Å². The fourth-order valence-corrected chi connectivity index (χ4v) is 1.25. The van der Waals surface area contributed by atoms with Gasteiger partial charge in [-0.25, -0.2) is 0 Å². The van der Waals surface area contributed by atoms with Crippen LogP contribution in [0.5, 0.6) is 11.5 Å². The molecule has 0 saturated carbocycles. The van der Waals surface area contributed by atoms with Crippen molar-refractivity contribution in [3.8, 4) is 11.5 Å². The van der Waals surface area contributed by atoms with Gasteiger partial charge in [-0.3, -0.25) is 0 Å². The van der Waals surface area contributed by atoms with Gasteiger partial charge in [0.25, 0.3) is 0 Å². The van der Waals surface area contributed by atoms with Crippen LogP contribution in [0.15, 0.2) is 24.3 Å². The van der Waals surface area contributed by atoms with Crippen molar-refractivity contribution in [2.45, 2.75) is 26.4 Å². The van der Waals surface area contributed by atoms with Crippen molar-refractivity contribution >= 4 is 15.9 Å². The van der Waals surface area contributed by atoms with Crippen molar-refractivity contribution in [3.63, 3.8) is 0 Å². The second kappa shape index (κ2) is 5.40. The zero-order chi connectivity index (χ0) is 11.3. The molecule has 3 heteroatoms. The molecule has 0 fully saturated rings. The fraction of sp³-hybridized carbons (Fsp3) is 0.500. The summed E-state index contributed by atoms with van der Waals surface area (Å²) in [5.74, 6) is 1.69. The zero-order valence-corrected chi connectivity index (χ0v) is 11.0. The Kier molecular flexibility index (Phi) is 4.45. The summed E-state index contributed by atoms with van der Waals surface area (Å²) in [4.78, 5) is 0. The maximum absolute atomic E-state index is 5.81. The molecule has 0 aromatic heterocycles. The van der Waals surface area contributed by atoms with Gasteiger partial charge in [0.05, 0.1) is 6.61 Å². The summed E-state index contributed by atoms with van der Waals surface area (Å²) in [7, 11) is 0. The van der Waals surface area contributed by atoms with Gasteiger partial charge in [-0.05, 0) is 32.9 Å². The summed E-state index contributed by atoms with van der Waals surface area (Å²) in [5, 5.41) is 0.791. The van der Waals surface area contributed by atoms with E-state index in [4.69, 9.17) is 9.47 Å². The van der Waals surface area contributed by atoms with E-state index in [0.29, 0.717) is 6.61 Å². The molecule has 0 spiro atoms. The van der Waals surface area contributed by atoms with Gasteiger partial charge in [-0.2, -0.15) is 0 Å². The maximum atomic E-state index is 5.81. The highest BCUT2D eigenvalue weighted by molar-refractivity contribution is 9.09. The van der Waals surface area contributed by atoms with Crippen LogP contribution in [0, 0.1) is 0 Å². The lowest BCUT2D eigenvalue weighted by atomic mass is 10.2. The second-order valence-electron chi connectivity index (χ2n) is 3.90. The largest absolute Gasteiger partial charge is 0.494 e. The van der Waals surface area contributed by atoms with Gasteiger partial charge in [0.15, 0.2) is 0 Å². The van der Waals surface area contributed by atoms with Gasteiger partial charge in [-0.1, -0.05) is 22.0 Å². The summed E-state index contributed by atoms with van der Waals surface area (Å²) in [6.45, 7) is 6.71. The van der Waals surface area contributed by atoms with Gasteiger partial charge >= 0.3 is 0 Å². The van der Waals surface area contributed by atoms with Crippen molar-refractivity contribution in [1.82, 2.24) is 0 Å². The van der Waals surface area contributed by atoms with Crippen LogP contribution in [0.3, 0.4) is 0 Å². The molecule has 1 aromatic rings. The minimum atomic E-state index is -0.204. The Bertz CT molecular complexity index is 310. The van der Waals surface area contributed by atoms with E-state index in [1.165, 1.54) is 0 Å². The van der Waals surface area contributed by atoms with E-state index in [0.717, 1.165) is 16.8 Å². The third kappa shape index (κ3) is 4.12. The standard InChI is InChI=1S/C12H17BrO2/c1-4-14-10-6-5-7-11(8-10)15-12(2,3)9-13/h5-8H,4,9H2,1-3H3. The molecule has 0 aliphatic carbocycles. The van der Waals surface area contributed by atoms with Crippen LogP contribution in [-0.4, -0.2) is 17.5 Å². The topological polar surface area (TPSA) is 18.5 Å². The van der Waals surface area contributed by atoms with Gasteiger partial charge in [-0.15, -0.1) is 0 Å². The fourth-order valence-electron chi connectivity index (χ4n) is 1.14. The van der Waals surface area contributed by atoms with Crippen molar-refractivity contribution in [3.05, 3.63) is 24.3 Å². The monoisotopic (exact) mass is 272 g/mol. The molecule has 0 aliphatic heterocycles. The molecule has 0 heterocycles. The number of alkyl halides is 1. The predicted molar refractivity (Wildman–Crippen MR) is 66.1 cm³/mol. The van der Waals surface area contributed by atoms with E-state index in [-0.39, 0.29) is 5.60 Å². The third-order valence-electron chi connectivity index (χ3n) is 1.83. The van der Waals surface area contributed by atoms with E-state index < -0.39 is 0 Å². The summed E-state index contributed by atoms with van der Waals surface area (Å²) >= 11 is 3.42. The molecule has 0 aliphatic rings. The molecule has 0 radical (unpaired) electrons. The van der Waals surface area contributed by atoms with E-state index in [1.54, 1.807) is 0 Å². The number of halogens is 1. The van der Waals surface area contributed by atoms with Crippen LogP contribution < -0.4 is 9.47 Å². The third-order valence-corrected chi connectivity index (χ3v) is 3.18. The lowest BCUT2D eigenvalue weighted by Gasteiger charge is -2.24. The Labute approximate surface area is 99.7 Å². The summed E-state index contributed by atoms with van der Waals surface area (Å²) < 4.78 is 11.2. The first-order valence-electron chi connectivity index (χ1n) is 5.05. The van der Waals surface area contributed by atoms with Crippen molar-refractivity contribution in [2.24, 2.45) is 0 Å². The predicted octanol–water partition coefficient (Wildman–Crippen LogP) is 3.64. The van der Waals surface area contributed by atoms with Crippen LogP contribution in [0.25, 0.3) is 0 Å². The molecule has 2 nitrogen and oxygen atoms in total. The molecule has 1 aromatic carbocycles.